The molecular formula is C15H18N2O3S. The second kappa shape index (κ2) is 6.99. The molecule has 0 aliphatic carbocycles. The van der Waals surface area contributed by atoms with Crippen LogP contribution >= 0.6 is 11.3 Å². The van der Waals surface area contributed by atoms with Crippen molar-refractivity contribution in [3.05, 3.63) is 40.1 Å². The highest BCUT2D eigenvalue weighted by atomic mass is 32.1. The van der Waals surface area contributed by atoms with Crippen molar-refractivity contribution < 1.29 is 14.3 Å². The van der Waals surface area contributed by atoms with Gasteiger partial charge in [0.15, 0.2) is 11.5 Å². The Morgan fingerprint density at radius 2 is 2.14 bits per heavy atom. The maximum atomic E-state index is 11.0. The zero-order valence-corrected chi connectivity index (χ0v) is 12.8. The topological polar surface area (TPSA) is 73.6 Å². The number of nitrogens with two attached hydrogens (primary N) is 1. The molecule has 0 unspecified atom stereocenters. The van der Waals surface area contributed by atoms with Gasteiger partial charge in [0.2, 0.25) is 5.91 Å². The number of thiophene rings is 1. The Hall–Kier alpha value is -2.21. The molecule has 3 N–H and O–H groups in total. The predicted octanol–water partition coefficient (Wildman–Crippen LogP) is 2.87. The van der Waals surface area contributed by atoms with E-state index in [-0.39, 0.29) is 0 Å². The lowest BCUT2D eigenvalue weighted by molar-refractivity contribution is 0.100. The number of methoxy groups -OCH3 is 1. The lowest BCUT2D eigenvalue weighted by atomic mass is 10.2. The molecule has 0 saturated carbocycles. The van der Waals surface area contributed by atoms with E-state index in [2.05, 4.69) is 5.32 Å². The van der Waals surface area contributed by atoms with E-state index in [4.69, 9.17) is 15.2 Å². The minimum atomic E-state index is -0.403. The lowest BCUT2D eigenvalue weighted by Crippen LogP contribution is -2.09. The van der Waals surface area contributed by atoms with Gasteiger partial charge in [-0.2, -0.15) is 0 Å². The van der Waals surface area contributed by atoms with E-state index >= 15 is 0 Å². The van der Waals surface area contributed by atoms with Crippen LogP contribution in [0.5, 0.6) is 11.5 Å². The summed E-state index contributed by atoms with van der Waals surface area (Å²) < 4.78 is 10.8. The molecule has 0 bridgehead atoms. The number of rotatable bonds is 7. The van der Waals surface area contributed by atoms with Crippen LogP contribution in [0.1, 0.15) is 22.2 Å². The average molecular weight is 306 g/mol. The fraction of sp³-hybridized carbons (Fsp3) is 0.267. The maximum Gasteiger partial charge on any atom is 0.249 e. The summed E-state index contributed by atoms with van der Waals surface area (Å²) in [5, 5.41) is 5.04. The minimum Gasteiger partial charge on any atom is -0.493 e. The van der Waals surface area contributed by atoms with E-state index in [1.54, 1.807) is 18.6 Å². The molecule has 6 heteroatoms. The maximum absolute atomic E-state index is 11.0. The molecule has 0 spiro atoms. The van der Waals surface area contributed by atoms with Gasteiger partial charge in [0.05, 0.1) is 19.3 Å². The van der Waals surface area contributed by atoms with Gasteiger partial charge in [-0.1, -0.05) is 0 Å². The molecule has 21 heavy (non-hydrogen) atoms. The predicted molar refractivity (Wildman–Crippen MR) is 84.3 cm³/mol. The van der Waals surface area contributed by atoms with E-state index in [1.165, 1.54) is 11.3 Å². The summed E-state index contributed by atoms with van der Waals surface area (Å²) in [7, 11) is 1.61. The summed E-state index contributed by atoms with van der Waals surface area (Å²) in [6, 6.07) is 7.48. The van der Waals surface area contributed by atoms with E-state index in [0.29, 0.717) is 24.5 Å². The molecule has 1 heterocycles. The van der Waals surface area contributed by atoms with Gasteiger partial charge >= 0.3 is 0 Å². The van der Waals surface area contributed by atoms with E-state index in [0.717, 1.165) is 16.3 Å². The Balaban J connectivity index is 2.03. The summed E-state index contributed by atoms with van der Waals surface area (Å²) in [5.74, 6) is 1.00. The third kappa shape index (κ3) is 3.88. The normalized spacial score (nSPS) is 10.2. The van der Waals surface area contributed by atoms with Crippen LogP contribution in [-0.2, 0) is 6.54 Å². The first-order chi connectivity index (χ1) is 10.1. The fourth-order valence-electron chi connectivity index (χ4n) is 1.84. The minimum absolute atomic E-state index is 0.403. The van der Waals surface area contributed by atoms with Crippen molar-refractivity contribution >= 4 is 22.9 Å². The molecule has 0 saturated heterocycles. The highest BCUT2D eigenvalue weighted by molar-refractivity contribution is 7.10. The van der Waals surface area contributed by atoms with Crippen molar-refractivity contribution in [2.45, 2.75) is 13.5 Å². The van der Waals surface area contributed by atoms with Crippen LogP contribution in [0.4, 0.5) is 5.69 Å². The molecule has 0 radical (unpaired) electrons. The van der Waals surface area contributed by atoms with Gasteiger partial charge in [0.1, 0.15) is 0 Å². The number of ether oxygens (including phenoxy) is 2. The van der Waals surface area contributed by atoms with Gasteiger partial charge in [-0.05, 0) is 25.1 Å². The Labute approximate surface area is 127 Å². The number of primary amides is 1. The van der Waals surface area contributed by atoms with Crippen LogP contribution in [0.3, 0.4) is 0 Å². The van der Waals surface area contributed by atoms with Crippen LogP contribution in [0.2, 0.25) is 0 Å². The van der Waals surface area contributed by atoms with Gasteiger partial charge < -0.3 is 20.5 Å². The number of nitrogens with one attached hydrogen (secondary N) is 1. The third-order valence-electron chi connectivity index (χ3n) is 2.87. The SMILES string of the molecule is CCOc1ccc(NCc2cc(C(N)=O)cs2)cc1OC. The molecule has 0 atom stereocenters. The molecule has 0 aliphatic heterocycles. The van der Waals surface area contributed by atoms with Gasteiger partial charge in [0.25, 0.3) is 0 Å². The number of benzene rings is 1. The third-order valence-corrected chi connectivity index (χ3v) is 3.81. The number of hydrogen-bond donors (Lipinski definition) is 2. The van der Waals surface area contributed by atoms with E-state index in [1.807, 2.05) is 25.1 Å². The molecule has 2 rings (SSSR count). The van der Waals surface area contributed by atoms with Crippen molar-refractivity contribution in [2.24, 2.45) is 5.73 Å². The summed E-state index contributed by atoms with van der Waals surface area (Å²) in [6.45, 7) is 3.14. The number of carbonyl (C=O) groups excluding carboxylic acids is 1. The number of hydrogen-bond acceptors (Lipinski definition) is 5. The quantitative estimate of drug-likeness (QED) is 0.825. The monoisotopic (exact) mass is 306 g/mol. The highest BCUT2D eigenvalue weighted by Gasteiger charge is 2.07. The first-order valence-electron chi connectivity index (χ1n) is 6.56. The van der Waals surface area contributed by atoms with Gasteiger partial charge in [0, 0.05) is 28.6 Å². The lowest BCUT2D eigenvalue weighted by Gasteiger charge is -2.11. The molecule has 5 nitrogen and oxygen atoms in total. The highest BCUT2D eigenvalue weighted by Crippen LogP contribution is 2.30. The Morgan fingerprint density at radius 3 is 2.76 bits per heavy atom. The zero-order valence-electron chi connectivity index (χ0n) is 12.0. The van der Waals surface area contributed by atoms with Crippen molar-refractivity contribution in [1.29, 1.82) is 0 Å². The standard InChI is InChI=1S/C15H18N2O3S/c1-3-20-13-5-4-11(7-14(13)19-2)17-8-12-6-10(9-21-12)15(16)18/h4-7,9,17H,3,8H2,1-2H3,(H2,16,18). The zero-order chi connectivity index (χ0) is 15.2. The Bertz CT molecular complexity index is 625. The summed E-state index contributed by atoms with van der Waals surface area (Å²) in [4.78, 5) is 12.1. The second-order valence-electron chi connectivity index (χ2n) is 4.32. The van der Waals surface area contributed by atoms with E-state index in [9.17, 15) is 4.79 Å². The van der Waals surface area contributed by atoms with Crippen LogP contribution in [0.15, 0.2) is 29.6 Å². The fourth-order valence-corrected chi connectivity index (χ4v) is 2.66. The van der Waals surface area contributed by atoms with Crippen molar-refractivity contribution in [1.82, 2.24) is 0 Å². The van der Waals surface area contributed by atoms with Crippen molar-refractivity contribution in [2.75, 3.05) is 19.0 Å². The largest absolute Gasteiger partial charge is 0.493 e. The molecule has 1 amide bonds. The van der Waals surface area contributed by atoms with Crippen LogP contribution in [0, 0.1) is 0 Å². The Morgan fingerprint density at radius 1 is 1.33 bits per heavy atom. The summed E-state index contributed by atoms with van der Waals surface area (Å²) in [5.41, 5.74) is 6.70. The van der Waals surface area contributed by atoms with Crippen molar-refractivity contribution in [3.63, 3.8) is 0 Å². The molecule has 0 aliphatic rings. The number of amides is 1. The van der Waals surface area contributed by atoms with E-state index < -0.39 is 5.91 Å². The Kier molecular flexibility index (Phi) is 5.05. The van der Waals surface area contributed by atoms with Gasteiger partial charge in [-0.3, -0.25) is 4.79 Å². The van der Waals surface area contributed by atoms with Crippen LogP contribution in [0.25, 0.3) is 0 Å². The smallest absolute Gasteiger partial charge is 0.249 e. The van der Waals surface area contributed by atoms with Gasteiger partial charge in [-0.25, -0.2) is 0 Å². The van der Waals surface area contributed by atoms with Crippen LogP contribution in [-0.4, -0.2) is 19.6 Å². The first kappa shape index (κ1) is 15.2. The van der Waals surface area contributed by atoms with Gasteiger partial charge in [-0.15, -0.1) is 11.3 Å². The average Bonchev–Trinajstić information content (AvgIpc) is 2.95. The molecular weight excluding hydrogens is 288 g/mol. The molecule has 0 fully saturated rings. The summed E-state index contributed by atoms with van der Waals surface area (Å²) >= 11 is 1.50. The molecule has 1 aromatic heterocycles. The molecule has 1 aromatic carbocycles. The van der Waals surface area contributed by atoms with Crippen molar-refractivity contribution in [3.8, 4) is 11.5 Å². The first-order valence-corrected chi connectivity index (χ1v) is 7.44. The molecule has 2 aromatic rings. The number of carbonyl (C=O) groups is 1. The summed E-state index contributed by atoms with van der Waals surface area (Å²) in [6.07, 6.45) is 0. The van der Waals surface area contributed by atoms with Crippen LogP contribution < -0.4 is 20.5 Å². The number of anilines is 1. The molecule has 112 valence electrons. The second-order valence-corrected chi connectivity index (χ2v) is 5.31.